The lowest BCUT2D eigenvalue weighted by Crippen LogP contribution is -2.39. The summed E-state index contributed by atoms with van der Waals surface area (Å²) in [5.41, 5.74) is 0. The third-order valence-electron chi connectivity index (χ3n) is 2.98. The van der Waals surface area contributed by atoms with Crippen LogP contribution in [0.4, 0.5) is 0 Å². The predicted octanol–water partition coefficient (Wildman–Crippen LogP) is 0.459. The number of ether oxygens (including phenoxy) is 1. The zero-order valence-corrected chi connectivity index (χ0v) is 8.46. The van der Waals surface area contributed by atoms with Crippen molar-refractivity contribution in [3.8, 4) is 0 Å². The van der Waals surface area contributed by atoms with E-state index in [4.69, 9.17) is 4.74 Å². The Morgan fingerprint density at radius 2 is 2.23 bits per heavy atom. The molecule has 0 aromatic rings. The summed E-state index contributed by atoms with van der Waals surface area (Å²) in [6.07, 6.45) is 4.71. The maximum Gasteiger partial charge on any atom is 0.0715 e. The first kappa shape index (κ1) is 9.44. The minimum atomic E-state index is 0.483. The highest BCUT2D eigenvalue weighted by Gasteiger charge is 2.23. The number of nitrogens with one attached hydrogen (secondary N) is 1. The molecule has 76 valence electrons. The molecule has 0 amide bonds. The lowest BCUT2D eigenvalue weighted by molar-refractivity contribution is -0.0347. The lowest BCUT2D eigenvalue weighted by atomic mass is 10.1. The summed E-state index contributed by atoms with van der Waals surface area (Å²) in [6, 6.07) is 0. The van der Waals surface area contributed by atoms with Crippen LogP contribution in [-0.4, -0.2) is 50.3 Å². The molecule has 2 fully saturated rings. The molecule has 2 aliphatic heterocycles. The molecule has 0 saturated carbocycles. The first-order valence-electron chi connectivity index (χ1n) is 5.39. The highest BCUT2D eigenvalue weighted by molar-refractivity contribution is 4.76. The van der Waals surface area contributed by atoms with Crippen molar-refractivity contribution in [2.24, 2.45) is 0 Å². The van der Waals surface area contributed by atoms with Gasteiger partial charge in [-0.25, -0.2) is 0 Å². The van der Waals surface area contributed by atoms with Crippen LogP contribution >= 0.6 is 0 Å². The molecule has 1 N–H and O–H groups in total. The van der Waals surface area contributed by atoms with E-state index in [0.717, 1.165) is 19.6 Å². The van der Waals surface area contributed by atoms with E-state index in [1.807, 2.05) is 0 Å². The maximum absolute atomic E-state index is 6.02. The number of nitrogens with zero attached hydrogens (tertiary/aromatic N) is 1. The molecule has 0 radical (unpaired) electrons. The van der Waals surface area contributed by atoms with E-state index in [-0.39, 0.29) is 0 Å². The van der Waals surface area contributed by atoms with Gasteiger partial charge in [-0.1, -0.05) is 0 Å². The SMILES string of the molecule is CN1CCCC(OC2CCNC2)C1. The van der Waals surface area contributed by atoms with E-state index in [2.05, 4.69) is 17.3 Å². The van der Waals surface area contributed by atoms with E-state index in [9.17, 15) is 0 Å². The smallest absolute Gasteiger partial charge is 0.0715 e. The summed E-state index contributed by atoms with van der Waals surface area (Å²) in [7, 11) is 2.18. The minimum absolute atomic E-state index is 0.483. The van der Waals surface area contributed by atoms with Crippen molar-refractivity contribution < 1.29 is 4.74 Å². The first-order chi connectivity index (χ1) is 6.34. The van der Waals surface area contributed by atoms with Crippen LogP contribution in [0.3, 0.4) is 0 Å². The van der Waals surface area contributed by atoms with Crippen LogP contribution in [-0.2, 0) is 4.74 Å². The minimum Gasteiger partial charge on any atom is -0.372 e. The van der Waals surface area contributed by atoms with Crippen LogP contribution in [0.2, 0.25) is 0 Å². The Hall–Kier alpha value is -0.120. The standard InChI is InChI=1S/C10H20N2O/c1-12-6-2-3-10(8-12)13-9-4-5-11-7-9/h9-11H,2-8H2,1H3. The summed E-state index contributed by atoms with van der Waals surface area (Å²) in [4.78, 5) is 2.37. The quantitative estimate of drug-likeness (QED) is 0.675. The fourth-order valence-corrected chi connectivity index (χ4v) is 2.25. The van der Waals surface area contributed by atoms with Crippen LogP contribution in [0.25, 0.3) is 0 Å². The summed E-state index contributed by atoms with van der Waals surface area (Å²) >= 11 is 0. The van der Waals surface area contributed by atoms with Gasteiger partial charge in [0.25, 0.3) is 0 Å². The van der Waals surface area contributed by atoms with Crippen LogP contribution in [0.5, 0.6) is 0 Å². The Labute approximate surface area is 80.4 Å². The third-order valence-corrected chi connectivity index (χ3v) is 2.98. The zero-order valence-electron chi connectivity index (χ0n) is 8.46. The molecule has 0 aromatic heterocycles. The molecule has 2 saturated heterocycles. The van der Waals surface area contributed by atoms with Crippen molar-refractivity contribution >= 4 is 0 Å². The molecule has 0 spiro atoms. The van der Waals surface area contributed by atoms with E-state index in [1.165, 1.54) is 25.8 Å². The van der Waals surface area contributed by atoms with Gasteiger partial charge in [0.15, 0.2) is 0 Å². The number of rotatable bonds is 2. The summed E-state index contributed by atoms with van der Waals surface area (Å²) in [5.74, 6) is 0. The Morgan fingerprint density at radius 3 is 2.92 bits per heavy atom. The molecule has 3 heteroatoms. The molecule has 2 aliphatic rings. The Balaban J connectivity index is 1.73. The van der Waals surface area contributed by atoms with E-state index in [1.54, 1.807) is 0 Å². The fraction of sp³-hybridized carbons (Fsp3) is 1.00. The predicted molar refractivity (Wildman–Crippen MR) is 52.9 cm³/mol. The van der Waals surface area contributed by atoms with Gasteiger partial charge in [-0.05, 0) is 39.4 Å². The second-order valence-electron chi connectivity index (χ2n) is 4.28. The first-order valence-corrected chi connectivity index (χ1v) is 5.39. The summed E-state index contributed by atoms with van der Waals surface area (Å²) < 4.78 is 6.02. The van der Waals surface area contributed by atoms with E-state index >= 15 is 0 Å². The normalized spacial score (nSPS) is 36.7. The number of likely N-dealkylation sites (tertiary alicyclic amines) is 1. The molecule has 2 atom stereocenters. The molecular formula is C10H20N2O. The number of hydrogen-bond acceptors (Lipinski definition) is 3. The average molecular weight is 184 g/mol. The summed E-state index contributed by atoms with van der Waals surface area (Å²) in [6.45, 7) is 4.55. The third kappa shape index (κ3) is 2.66. The Morgan fingerprint density at radius 1 is 1.31 bits per heavy atom. The van der Waals surface area contributed by atoms with Crippen molar-refractivity contribution in [3.63, 3.8) is 0 Å². The van der Waals surface area contributed by atoms with Crippen LogP contribution < -0.4 is 5.32 Å². The molecule has 13 heavy (non-hydrogen) atoms. The molecule has 0 bridgehead atoms. The average Bonchev–Trinajstić information content (AvgIpc) is 2.57. The van der Waals surface area contributed by atoms with Crippen molar-refractivity contribution in [3.05, 3.63) is 0 Å². The molecule has 3 nitrogen and oxygen atoms in total. The topological polar surface area (TPSA) is 24.5 Å². The number of piperidine rings is 1. The van der Waals surface area contributed by atoms with Gasteiger partial charge in [-0.3, -0.25) is 0 Å². The summed E-state index contributed by atoms with van der Waals surface area (Å²) in [5, 5.41) is 3.33. The largest absolute Gasteiger partial charge is 0.372 e. The maximum atomic E-state index is 6.02. The van der Waals surface area contributed by atoms with Gasteiger partial charge in [0.05, 0.1) is 12.2 Å². The van der Waals surface area contributed by atoms with Gasteiger partial charge in [0.1, 0.15) is 0 Å². The molecule has 0 aliphatic carbocycles. The van der Waals surface area contributed by atoms with Gasteiger partial charge >= 0.3 is 0 Å². The van der Waals surface area contributed by atoms with Gasteiger partial charge in [0, 0.05) is 13.1 Å². The molecule has 2 rings (SSSR count). The van der Waals surface area contributed by atoms with E-state index < -0.39 is 0 Å². The van der Waals surface area contributed by atoms with Gasteiger partial charge < -0.3 is 15.0 Å². The fourth-order valence-electron chi connectivity index (χ4n) is 2.25. The number of hydrogen-bond donors (Lipinski definition) is 1. The van der Waals surface area contributed by atoms with Gasteiger partial charge in [0.2, 0.25) is 0 Å². The molecule has 0 aromatic carbocycles. The van der Waals surface area contributed by atoms with Crippen LogP contribution in [0.15, 0.2) is 0 Å². The van der Waals surface area contributed by atoms with Crippen molar-refractivity contribution in [1.29, 1.82) is 0 Å². The van der Waals surface area contributed by atoms with Crippen LogP contribution in [0, 0.1) is 0 Å². The zero-order chi connectivity index (χ0) is 9.10. The van der Waals surface area contributed by atoms with Crippen LogP contribution in [0.1, 0.15) is 19.3 Å². The van der Waals surface area contributed by atoms with Crippen molar-refractivity contribution in [1.82, 2.24) is 10.2 Å². The second kappa shape index (κ2) is 4.40. The molecule has 2 unspecified atom stereocenters. The van der Waals surface area contributed by atoms with E-state index in [0.29, 0.717) is 12.2 Å². The van der Waals surface area contributed by atoms with Gasteiger partial charge in [-0.2, -0.15) is 0 Å². The lowest BCUT2D eigenvalue weighted by Gasteiger charge is -2.31. The highest BCUT2D eigenvalue weighted by atomic mass is 16.5. The van der Waals surface area contributed by atoms with Crippen molar-refractivity contribution in [2.75, 3.05) is 33.2 Å². The Bertz CT molecular complexity index is 157. The molecule has 2 heterocycles. The second-order valence-corrected chi connectivity index (χ2v) is 4.28. The Kier molecular flexibility index (Phi) is 3.19. The van der Waals surface area contributed by atoms with Gasteiger partial charge in [-0.15, -0.1) is 0 Å². The molecular weight excluding hydrogens is 164 g/mol. The monoisotopic (exact) mass is 184 g/mol. The van der Waals surface area contributed by atoms with Crippen molar-refractivity contribution in [2.45, 2.75) is 31.5 Å². The number of likely N-dealkylation sites (N-methyl/N-ethyl adjacent to an activating group) is 1. The highest BCUT2D eigenvalue weighted by Crippen LogP contribution is 2.15.